The Hall–Kier alpha value is -3.81. The Balaban J connectivity index is 1.81. The summed E-state index contributed by atoms with van der Waals surface area (Å²) in [5, 5.41) is 9.53. The fourth-order valence-corrected chi connectivity index (χ4v) is 3.28. The van der Waals surface area contributed by atoms with Crippen LogP contribution in [-0.4, -0.2) is 42.3 Å². The van der Waals surface area contributed by atoms with E-state index in [0.29, 0.717) is 45.7 Å². The van der Waals surface area contributed by atoms with Gasteiger partial charge in [-0.3, -0.25) is 14.7 Å². The highest BCUT2D eigenvalue weighted by molar-refractivity contribution is 6.05. The molecule has 1 aliphatic rings. The molecule has 2 aromatic carbocycles. The molecule has 1 N–H and O–H groups in total. The lowest BCUT2D eigenvalue weighted by molar-refractivity contribution is -0.116. The number of carbonyl (C=O) groups excluding carboxylic acids is 1. The van der Waals surface area contributed by atoms with Crippen LogP contribution in [0.1, 0.15) is 5.69 Å². The average molecular weight is 393 g/mol. The van der Waals surface area contributed by atoms with Crippen LogP contribution in [0.4, 0.5) is 11.5 Å². The number of methoxy groups -OCH3 is 3. The van der Waals surface area contributed by atoms with Crippen molar-refractivity contribution in [3.05, 3.63) is 48.3 Å². The molecular weight excluding hydrogens is 374 g/mol. The Bertz CT molecular complexity index is 1060. The summed E-state index contributed by atoms with van der Waals surface area (Å²) < 4.78 is 16.2. The van der Waals surface area contributed by atoms with Gasteiger partial charge >= 0.3 is 0 Å². The summed E-state index contributed by atoms with van der Waals surface area (Å²) in [4.78, 5) is 23.2. The molecule has 0 bridgehead atoms. The molecule has 0 saturated carbocycles. The highest BCUT2D eigenvalue weighted by Crippen LogP contribution is 2.42. The second kappa shape index (κ2) is 7.31. The van der Waals surface area contributed by atoms with E-state index in [4.69, 9.17) is 14.2 Å². The Morgan fingerprint density at radius 2 is 1.66 bits per heavy atom. The van der Waals surface area contributed by atoms with Crippen LogP contribution in [0.5, 0.6) is 23.0 Å². The fraction of sp³-hybridized carbons (Fsp3) is 0.190. The molecule has 0 radical (unpaired) electrons. The number of aromatic hydroxyl groups is 1. The maximum absolute atomic E-state index is 12.6. The van der Waals surface area contributed by atoms with Gasteiger partial charge in [0.15, 0.2) is 17.3 Å². The number of amides is 1. The third-order valence-electron chi connectivity index (χ3n) is 4.68. The maximum Gasteiger partial charge on any atom is 0.238 e. The van der Waals surface area contributed by atoms with Crippen molar-refractivity contribution in [2.75, 3.05) is 26.2 Å². The molecule has 29 heavy (non-hydrogen) atoms. The van der Waals surface area contributed by atoms with Crippen LogP contribution < -0.4 is 19.1 Å². The van der Waals surface area contributed by atoms with Crippen molar-refractivity contribution < 1.29 is 24.1 Å². The maximum atomic E-state index is 12.6. The number of nitrogens with zero attached hydrogens (tertiary/aromatic N) is 3. The molecule has 0 aliphatic carbocycles. The van der Waals surface area contributed by atoms with Gasteiger partial charge in [0.05, 0.1) is 51.0 Å². The van der Waals surface area contributed by atoms with Crippen LogP contribution in [-0.2, 0) is 11.2 Å². The largest absolute Gasteiger partial charge is 0.508 e. The van der Waals surface area contributed by atoms with Crippen molar-refractivity contribution in [2.24, 2.45) is 0 Å². The summed E-state index contributed by atoms with van der Waals surface area (Å²) in [5.74, 6) is 1.93. The summed E-state index contributed by atoms with van der Waals surface area (Å²) in [6.07, 6.45) is 1.78. The van der Waals surface area contributed by atoms with E-state index in [1.54, 1.807) is 44.7 Å². The Kier molecular flexibility index (Phi) is 4.67. The number of anilines is 2. The number of hydrogen-bond acceptors (Lipinski definition) is 7. The molecule has 4 rings (SSSR count). The van der Waals surface area contributed by atoms with E-state index < -0.39 is 0 Å². The zero-order valence-corrected chi connectivity index (χ0v) is 16.2. The molecule has 8 nitrogen and oxygen atoms in total. The number of fused-ring (bicyclic) bond motifs is 1. The van der Waals surface area contributed by atoms with Gasteiger partial charge in [-0.1, -0.05) is 0 Å². The van der Waals surface area contributed by atoms with Crippen molar-refractivity contribution in [1.29, 1.82) is 0 Å². The third kappa shape index (κ3) is 3.18. The first kappa shape index (κ1) is 18.5. The Labute approximate surface area is 167 Å². The topological polar surface area (TPSA) is 94.0 Å². The molecule has 1 amide bonds. The Morgan fingerprint density at radius 3 is 2.24 bits per heavy atom. The van der Waals surface area contributed by atoms with Crippen LogP contribution in [0.3, 0.4) is 0 Å². The minimum absolute atomic E-state index is 0.123. The zero-order chi connectivity index (χ0) is 20.5. The van der Waals surface area contributed by atoms with Crippen molar-refractivity contribution in [1.82, 2.24) is 9.97 Å². The van der Waals surface area contributed by atoms with Crippen LogP contribution >= 0.6 is 0 Å². The van der Waals surface area contributed by atoms with Gasteiger partial charge in [0, 0.05) is 5.56 Å². The quantitative estimate of drug-likeness (QED) is 0.712. The number of aromatic nitrogens is 2. The van der Waals surface area contributed by atoms with Gasteiger partial charge in [0.1, 0.15) is 5.75 Å². The van der Waals surface area contributed by atoms with Crippen molar-refractivity contribution in [3.8, 4) is 34.3 Å². The van der Waals surface area contributed by atoms with Crippen molar-refractivity contribution >= 4 is 17.4 Å². The summed E-state index contributed by atoms with van der Waals surface area (Å²) in [6, 6.07) is 9.93. The molecule has 8 heteroatoms. The molecule has 0 spiro atoms. The Morgan fingerprint density at radius 1 is 1.00 bits per heavy atom. The number of hydrogen-bond donors (Lipinski definition) is 1. The van der Waals surface area contributed by atoms with E-state index in [1.165, 1.54) is 24.1 Å². The normalized spacial score (nSPS) is 12.7. The lowest BCUT2D eigenvalue weighted by Gasteiger charge is -2.17. The monoisotopic (exact) mass is 393 g/mol. The SMILES string of the molecule is COc1cc(-c2cnc3c(n2)N(c2ccc(O)cc2)C(=O)C3)cc(OC)c1OC. The second-order valence-corrected chi connectivity index (χ2v) is 6.36. The van der Waals surface area contributed by atoms with E-state index >= 15 is 0 Å². The van der Waals surface area contributed by atoms with Crippen molar-refractivity contribution in [2.45, 2.75) is 6.42 Å². The highest BCUT2D eigenvalue weighted by atomic mass is 16.5. The molecule has 0 saturated heterocycles. The number of phenols is 1. The summed E-state index contributed by atoms with van der Waals surface area (Å²) in [5.41, 5.74) is 2.48. The lowest BCUT2D eigenvalue weighted by atomic mass is 10.1. The summed E-state index contributed by atoms with van der Waals surface area (Å²) >= 11 is 0. The number of ether oxygens (including phenoxy) is 3. The number of phenolic OH excluding ortho intramolecular Hbond substituents is 1. The average Bonchev–Trinajstić information content (AvgIpc) is 3.08. The van der Waals surface area contributed by atoms with Crippen molar-refractivity contribution in [3.63, 3.8) is 0 Å². The van der Waals surface area contributed by atoms with Gasteiger partial charge < -0.3 is 19.3 Å². The van der Waals surface area contributed by atoms with E-state index in [0.717, 1.165) is 0 Å². The standard InChI is InChI=1S/C21H19N3O5/c1-27-17-8-12(9-18(28-2)20(17)29-3)16-11-22-15-10-19(26)24(21(15)23-16)13-4-6-14(25)7-5-13/h4-9,11,25H,10H2,1-3H3. The molecule has 1 aliphatic heterocycles. The summed E-state index contributed by atoms with van der Waals surface area (Å²) in [7, 11) is 4.62. The minimum Gasteiger partial charge on any atom is -0.508 e. The number of benzene rings is 2. The van der Waals surface area contributed by atoms with Crippen LogP contribution in [0, 0.1) is 0 Å². The number of rotatable bonds is 5. The first-order valence-corrected chi connectivity index (χ1v) is 8.84. The van der Waals surface area contributed by atoms with Gasteiger partial charge in [0.25, 0.3) is 0 Å². The molecule has 0 fully saturated rings. The third-order valence-corrected chi connectivity index (χ3v) is 4.68. The zero-order valence-electron chi connectivity index (χ0n) is 16.2. The van der Waals surface area contributed by atoms with Crippen LogP contribution in [0.15, 0.2) is 42.6 Å². The summed E-state index contributed by atoms with van der Waals surface area (Å²) in [6.45, 7) is 0. The van der Waals surface area contributed by atoms with Crippen LogP contribution in [0.2, 0.25) is 0 Å². The predicted molar refractivity (Wildman–Crippen MR) is 106 cm³/mol. The molecular formula is C21H19N3O5. The molecule has 3 aromatic rings. The first-order chi connectivity index (χ1) is 14.0. The number of carbonyl (C=O) groups is 1. The molecule has 1 aromatic heterocycles. The van der Waals surface area contributed by atoms with E-state index in [2.05, 4.69) is 9.97 Å². The first-order valence-electron chi connectivity index (χ1n) is 8.84. The predicted octanol–water partition coefficient (Wildman–Crippen LogP) is 3.10. The molecule has 148 valence electrons. The molecule has 0 atom stereocenters. The van der Waals surface area contributed by atoms with Crippen LogP contribution in [0.25, 0.3) is 11.3 Å². The molecule has 2 heterocycles. The van der Waals surface area contributed by atoms with Gasteiger partial charge in [-0.05, 0) is 36.4 Å². The molecule has 0 unspecified atom stereocenters. The van der Waals surface area contributed by atoms with Gasteiger partial charge in [-0.2, -0.15) is 0 Å². The lowest BCUT2D eigenvalue weighted by Crippen LogP contribution is -2.21. The van der Waals surface area contributed by atoms with Gasteiger partial charge in [-0.15, -0.1) is 0 Å². The van der Waals surface area contributed by atoms with E-state index in [-0.39, 0.29) is 18.1 Å². The van der Waals surface area contributed by atoms with E-state index in [1.807, 2.05) is 0 Å². The fourth-order valence-electron chi connectivity index (χ4n) is 3.28. The minimum atomic E-state index is -0.132. The highest BCUT2D eigenvalue weighted by Gasteiger charge is 2.32. The van der Waals surface area contributed by atoms with E-state index in [9.17, 15) is 9.90 Å². The van der Waals surface area contributed by atoms with Gasteiger partial charge in [-0.25, -0.2) is 4.98 Å². The smallest absolute Gasteiger partial charge is 0.238 e. The van der Waals surface area contributed by atoms with Gasteiger partial charge in [0.2, 0.25) is 11.7 Å². The second-order valence-electron chi connectivity index (χ2n) is 6.36.